The van der Waals surface area contributed by atoms with Crippen molar-refractivity contribution in [2.75, 3.05) is 39.8 Å². The Kier molecular flexibility index (Phi) is 5.72. The molecule has 2 atom stereocenters. The Bertz CT molecular complexity index is 614. The Morgan fingerprint density at radius 3 is 2.44 bits per heavy atom. The number of nitrogens with zero attached hydrogens (tertiary/aromatic N) is 4. The first kappa shape index (κ1) is 17.9. The maximum Gasteiger partial charge on any atom is 0.236 e. The fourth-order valence-corrected chi connectivity index (χ4v) is 3.63. The molecule has 0 bridgehead atoms. The van der Waals surface area contributed by atoms with Crippen LogP contribution in [0.5, 0.6) is 0 Å². The maximum absolute atomic E-state index is 12.6. The zero-order valence-corrected chi connectivity index (χ0v) is 15.3. The van der Waals surface area contributed by atoms with Crippen LogP contribution in [0.3, 0.4) is 0 Å². The van der Waals surface area contributed by atoms with Crippen molar-refractivity contribution in [2.24, 2.45) is 5.92 Å². The van der Waals surface area contributed by atoms with Gasteiger partial charge in [-0.25, -0.2) is 0 Å². The van der Waals surface area contributed by atoms with Crippen molar-refractivity contribution in [1.29, 1.82) is 5.26 Å². The van der Waals surface area contributed by atoms with E-state index in [2.05, 4.69) is 29.8 Å². The van der Waals surface area contributed by atoms with Crippen molar-refractivity contribution < 1.29 is 4.79 Å². The predicted octanol–water partition coefficient (Wildman–Crippen LogP) is 2.13. The summed E-state index contributed by atoms with van der Waals surface area (Å²) >= 11 is 0. The summed E-state index contributed by atoms with van der Waals surface area (Å²) in [5.41, 5.74) is 1.03. The molecule has 5 nitrogen and oxygen atoms in total. The molecular formula is C20H28N4O. The Balaban J connectivity index is 1.51. The minimum absolute atomic E-state index is 0.211. The summed E-state index contributed by atoms with van der Waals surface area (Å²) in [7, 11) is 2.05. The van der Waals surface area contributed by atoms with E-state index >= 15 is 0 Å². The van der Waals surface area contributed by atoms with E-state index in [0.717, 1.165) is 24.6 Å². The highest BCUT2D eigenvalue weighted by Crippen LogP contribution is 2.34. The molecule has 1 aromatic rings. The lowest BCUT2D eigenvalue weighted by Gasteiger charge is -2.38. The van der Waals surface area contributed by atoms with Gasteiger partial charge in [0.05, 0.1) is 12.6 Å². The van der Waals surface area contributed by atoms with Gasteiger partial charge in [0, 0.05) is 32.2 Å². The van der Waals surface area contributed by atoms with Crippen LogP contribution in [0.2, 0.25) is 0 Å². The van der Waals surface area contributed by atoms with Crippen LogP contribution in [0.15, 0.2) is 30.3 Å². The van der Waals surface area contributed by atoms with E-state index in [-0.39, 0.29) is 11.9 Å². The van der Waals surface area contributed by atoms with Gasteiger partial charge in [0.1, 0.15) is 6.04 Å². The van der Waals surface area contributed by atoms with Gasteiger partial charge >= 0.3 is 0 Å². The zero-order chi connectivity index (χ0) is 17.8. The summed E-state index contributed by atoms with van der Waals surface area (Å²) in [6, 6.07) is 12.6. The molecule has 1 saturated heterocycles. The largest absolute Gasteiger partial charge is 0.339 e. The topological polar surface area (TPSA) is 50.6 Å². The third-order valence-corrected chi connectivity index (χ3v) is 5.65. The number of rotatable bonds is 6. The number of nitriles is 1. The number of likely N-dealkylation sites (N-methyl/N-ethyl adjacent to an activating group) is 1. The Morgan fingerprint density at radius 1 is 1.24 bits per heavy atom. The van der Waals surface area contributed by atoms with E-state index in [9.17, 15) is 10.1 Å². The predicted molar refractivity (Wildman–Crippen MR) is 97.8 cm³/mol. The summed E-state index contributed by atoms with van der Waals surface area (Å²) < 4.78 is 0. The summed E-state index contributed by atoms with van der Waals surface area (Å²) in [4.78, 5) is 18.9. The van der Waals surface area contributed by atoms with E-state index in [1.807, 2.05) is 35.2 Å². The third-order valence-electron chi connectivity index (χ3n) is 5.65. The van der Waals surface area contributed by atoms with Gasteiger partial charge in [-0.3, -0.25) is 14.6 Å². The van der Waals surface area contributed by atoms with Crippen molar-refractivity contribution in [3.05, 3.63) is 35.9 Å². The molecule has 1 aliphatic carbocycles. The van der Waals surface area contributed by atoms with Crippen molar-refractivity contribution in [1.82, 2.24) is 14.7 Å². The van der Waals surface area contributed by atoms with Gasteiger partial charge in [-0.15, -0.1) is 0 Å². The number of carbonyl (C=O) groups is 1. The van der Waals surface area contributed by atoms with Crippen LogP contribution in [-0.4, -0.2) is 66.4 Å². The lowest BCUT2D eigenvalue weighted by atomic mass is 10.1. The number of amides is 1. The molecule has 3 rings (SSSR count). The van der Waals surface area contributed by atoms with Gasteiger partial charge in [0.25, 0.3) is 0 Å². The van der Waals surface area contributed by atoms with Crippen LogP contribution in [0.4, 0.5) is 0 Å². The molecule has 0 spiro atoms. The molecule has 1 heterocycles. The Morgan fingerprint density at radius 2 is 1.88 bits per heavy atom. The number of piperazine rings is 1. The second-order valence-electron chi connectivity index (χ2n) is 7.35. The smallest absolute Gasteiger partial charge is 0.236 e. The van der Waals surface area contributed by atoms with E-state index in [1.165, 1.54) is 12.8 Å². The second-order valence-corrected chi connectivity index (χ2v) is 7.35. The van der Waals surface area contributed by atoms with Crippen molar-refractivity contribution in [2.45, 2.75) is 31.8 Å². The van der Waals surface area contributed by atoms with E-state index in [1.54, 1.807) is 0 Å². The molecular weight excluding hydrogens is 312 g/mol. The fraction of sp³-hybridized carbons (Fsp3) is 0.600. The van der Waals surface area contributed by atoms with Gasteiger partial charge in [-0.2, -0.15) is 5.26 Å². The van der Waals surface area contributed by atoms with Gasteiger partial charge in [-0.1, -0.05) is 30.3 Å². The molecule has 1 aromatic carbocycles. The molecule has 1 amide bonds. The second kappa shape index (κ2) is 7.99. The number of benzene rings is 1. The van der Waals surface area contributed by atoms with Crippen LogP contribution >= 0.6 is 0 Å². The average Bonchev–Trinajstić information content (AvgIpc) is 3.48. The first-order valence-electron chi connectivity index (χ1n) is 9.26. The minimum atomic E-state index is -0.226. The lowest BCUT2D eigenvalue weighted by Crippen LogP contribution is -2.52. The number of hydrogen-bond acceptors (Lipinski definition) is 4. The van der Waals surface area contributed by atoms with Crippen LogP contribution < -0.4 is 0 Å². The Labute approximate surface area is 150 Å². The van der Waals surface area contributed by atoms with Crippen LogP contribution in [0.25, 0.3) is 0 Å². The molecule has 0 N–H and O–H groups in total. The van der Waals surface area contributed by atoms with Gasteiger partial charge in [-0.05, 0) is 38.3 Å². The van der Waals surface area contributed by atoms with Crippen LogP contribution in [0, 0.1) is 17.2 Å². The monoisotopic (exact) mass is 340 g/mol. The van der Waals surface area contributed by atoms with Crippen molar-refractivity contribution >= 4 is 5.91 Å². The summed E-state index contributed by atoms with van der Waals surface area (Å²) in [6.07, 6.45) is 2.60. The molecule has 2 aliphatic rings. The third kappa shape index (κ3) is 4.39. The fourth-order valence-electron chi connectivity index (χ4n) is 3.63. The molecule has 0 unspecified atom stereocenters. The summed E-state index contributed by atoms with van der Waals surface area (Å²) in [5, 5.41) is 9.57. The van der Waals surface area contributed by atoms with Gasteiger partial charge in [0.2, 0.25) is 5.91 Å². The summed E-state index contributed by atoms with van der Waals surface area (Å²) in [6.45, 7) is 5.63. The van der Waals surface area contributed by atoms with Crippen LogP contribution in [0.1, 0.15) is 31.4 Å². The van der Waals surface area contributed by atoms with E-state index < -0.39 is 0 Å². The molecule has 5 heteroatoms. The normalized spacial score (nSPS) is 21.0. The maximum atomic E-state index is 12.6. The highest BCUT2D eigenvalue weighted by molar-refractivity contribution is 5.78. The zero-order valence-electron chi connectivity index (χ0n) is 15.3. The molecule has 0 radical (unpaired) electrons. The number of carbonyl (C=O) groups excluding carboxylic acids is 1. The average molecular weight is 340 g/mol. The van der Waals surface area contributed by atoms with Crippen molar-refractivity contribution in [3.63, 3.8) is 0 Å². The summed E-state index contributed by atoms with van der Waals surface area (Å²) in [5.74, 6) is 0.986. The lowest BCUT2D eigenvalue weighted by molar-refractivity contribution is -0.134. The molecule has 25 heavy (non-hydrogen) atoms. The quantitative estimate of drug-likeness (QED) is 0.796. The SMILES string of the molecule is C[C@@H](C1CC1)N(C)CC(=O)N1CCN([C@H](C#N)c2ccccc2)CC1. The molecule has 134 valence electrons. The number of hydrogen-bond donors (Lipinski definition) is 0. The van der Waals surface area contributed by atoms with Crippen molar-refractivity contribution in [3.8, 4) is 6.07 Å². The molecule has 0 aromatic heterocycles. The highest BCUT2D eigenvalue weighted by atomic mass is 16.2. The standard InChI is InChI=1S/C20H28N4O/c1-16(17-8-9-17)22(2)15-20(25)24-12-10-23(11-13-24)19(14-21)18-6-4-3-5-7-18/h3-7,16-17,19H,8-13,15H2,1-2H3/t16-,19+/m0/s1. The molecule has 1 saturated carbocycles. The first-order chi connectivity index (χ1) is 12.1. The minimum Gasteiger partial charge on any atom is -0.339 e. The molecule has 2 fully saturated rings. The van der Waals surface area contributed by atoms with Gasteiger partial charge in [0.15, 0.2) is 0 Å². The molecule has 1 aliphatic heterocycles. The first-order valence-corrected chi connectivity index (χ1v) is 9.26. The highest BCUT2D eigenvalue weighted by Gasteiger charge is 2.32. The Hall–Kier alpha value is -1.90. The van der Waals surface area contributed by atoms with Crippen LogP contribution in [-0.2, 0) is 4.79 Å². The van der Waals surface area contributed by atoms with E-state index in [0.29, 0.717) is 25.7 Å². The van der Waals surface area contributed by atoms with Gasteiger partial charge < -0.3 is 4.90 Å². The van der Waals surface area contributed by atoms with E-state index in [4.69, 9.17) is 0 Å².